The number of benzene rings is 1. The lowest BCUT2D eigenvalue weighted by atomic mass is 10.2. The molecule has 19 heavy (non-hydrogen) atoms. The monoisotopic (exact) mass is 322 g/mol. The fourth-order valence-corrected chi connectivity index (χ4v) is 2.46. The van der Waals surface area contributed by atoms with Gasteiger partial charge in [-0.15, -0.1) is 0 Å². The Hall–Kier alpha value is -1.29. The van der Waals surface area contributed by atoms with E-state index >= 15 is 0 Å². The molecular weight excluding hydrogens is 304 g/mol. The highest BCUT2D eigenvalue weighted by Gasteiger charge is 2.07. The van der Waals surface area contributed by atoms with Gasteiger partial charge in [-0.1, -0.05) is 47.0 Å². The SMILES string of the molecule is O=C(NCCCCCCBr)c1cc2ccccc2[nH]1. The number of H-pyrrole nitrogens is 1. The molecule has 2 N–H and O–H groups in total. The van der Waals surface area contributed by atoms with Crippen LogP contribution in [0, 0.1) is 0 Å². The fraction of sp³-hybridized carbons (Fsp3) is 0.400. The van der Waals surface area contributed by atoms with Crippen molar-refractivity contribution < 1.29 is 4.79 Å². The van der Waals surface area contributed by atoms with Gasteiger partial charge in [0.25, 0.3) is 5.91 Å². The molecule has 0 saturated heterocycles. The largest absolute Gasteiger partial charge is 0.351 e. The number of aromatic amines is 1. The van der Waals surface area contributed by atoms with Gasteiger partial charge in [-0.3, -0.25) is 4.79 Å². The van der Waals surface area contributed by atoms with Crippen molar-refractivity contribution in [3.63, 3.8) is 0 Å². The Balaban J connectivity index is 1.79. The van der Waals surface area contributed by atoms with Crippen LogP contribution in [0.5, 0.6) is 0 Å². The van der Waals surface area contributed by atoms with Crippen LogP contribution in [0.2, 0.25) is 0 Å². The average Bonchev–Trinajstić information content (AvgIpc) is 2.86. The van der Waals surface area contributed by atoms with E-state index in [9.17, 15) is 4.79 Å². The number of hydrogen-bond acceptors (Lipinski definition) is 1. The van der Waals surface area contributed by atoms with Crippen LogP contribution in [0.25, 0.3) is 10.9 Å². The van der Waals surface area contributed by atoms with Gasteiger partial charge in [-0.05, 0) is 25.0 Å². The molecule has 0 atom stereocenters. The van der Waals surface area contributed by atoms with Crippen molar-refractivity contribution in [1.29, 1.82) is 0 Å². The summed E-state index contributed by atoms with van der Waals surface area (Å²) in [5.41, 5.74) is 1.65. The number of carbonyl (C=O) groups is 1. The molecule has 1 amide bonds. The molecule has 0 saturated carbocycles. The molecular formula is C15H19BrN2O. The van der Waals surface area contributed by atoms with E-state index in [2.05, 4.69) is 26.2 Å². The average molecular weight is 323 g/mol. The minimum absolute atomic E-state index is 0.0170. The molecule has 1 heterocycles. The molecule has 4 heteroatoms. The molecule has 0 unspecified atom stereocenters. The third kappa shape index (κ3) is 4.10. The van der Waals surface area contributed by atoms with Crippen molar-refractivity contribution in [2.24, 2.45) is 0 Å². The van der Waals surface area contributed by atoms with Crippen molar-refractivity contribution in [2.45, 2.75) is 25.7 Å². The number of aromatic nitrogens is 1. The first-order chi connectivity index (χ1) is 9.31. The molecule has 102 valence electrons. The molecule has 0 fully saturated rings. The second-order valence-electron chi connectivity index (χ2n) is 4.63. The van der Waals surface area contributed by atoms with E-state index in [0.29, 0.717) is 5.69 Å². The Labute approximate surface area is 121 Å². The van der Waals surface area contributed by atoms with Crippen LogP contribution >= 0.6 is 15.9 Å². The zero-order valence-corrected chi connectivity index (χ0v) is 12.5. The number of nitrogens with one attached hydrogen (secondary N) is 2. The van der Waals surface area contributed by atoms with Crippen molar-refractivity contribution in [1.82, 2.24) is 10.3 Å². The summed E-state index contributed by atoms with van der Waals surface area (Å²) in [4.78, 5) is 15.1. The Bertz CT molecular complexity index is 503. The molecule has 2 aromatic rings. The molecule has 1 aromatic carbocycles. The van der Waals surface area contributed by atoms with Gasteiger partial charge >= 0.3 is 0 Å². The minimum atomic E-state index is -0.0170. The first-order valence-electron chi connectivity index (χ1n) is 6.73. The standard InChI is InChI=1S/C15H19BrN2O/c16-9-5-1-2-6-10-17-15(19)14-11-12-7-3-4-8-13(12)18-14/h3-4,7-8,11,18H,1-2,5-6,9-10H2,(H,17,19). The van der Waals surface area contributed by atoms with Gasteiger partial charge in [-0.25, -0.2) is 0 Å². The van der Waals surface area contributed by atoms with Crippen LogP contribution in [-0.4, -0.2) is 22.8 Å². The Kier molecular flexibility index (Phi) is 5.45. The van der Waals surface area contributed by atoms with Crippen LogP contribution < -0.4 is 5.32 Å². The van der Waals surface area contributed by atoms with Crippen molar-refractivity contribution in [3.8, 4) is 0 Å². The zero-order valence-electron chi connectivity index (χ0n) is 10.9. The maximum Gasteiger partial charge on any atom is 0.267 e. The number of carbonyl (C=O) groups excluding carboxylic acids is 1. The normalized spacial score (nSPS) is 10.8. The number of alkyl halides is 1. The first kappa shape index (κ1) is 14.1. The number of fused-ring (bicyclic) bond motifs is 1. The number of para-hydroxylation sites is 1. The molecule has 3 nitrogen and oxygen atoms in total. The number of amides is 1. The van der Waals surface area contributed by atoms with Crippen LogP contribution in [0.4, 0.5) is 0 Å². The first-order valence-corrected chi connectivity index (χ1v) is 7.85. The molecule has 0 bridgehead atoms. The van der Waals surface area contributed by atoms with Gasteiger partial charge in [0.15, 0.2) is 0 Å². The molecule has 1 aromatic heterocycles. The van der Waals surface area contributed by atoms with E-state index in [1.165, 1.54) is 19.3 Å². The van der Waals surface area contributed by atoms with Gasteiger partial charge in [-0.2, -0.15) is 0 Å². The third-order valence-electron chi connectivity index (χ3n) is 3.12. The van der Waals surface area contributed by atoms with Gasteiger partial charge in [0.2, 0.25) is 0 Å². The van der Waals surface area contributed by atoms with E-state index in [4.69, 9.17) is 0 Å². The lowest BCUT2D eigenvalue weighted by Crippen LogP contribution is -2.24. The molecule has 2 rings (SSSR count). The Morgan fingerprint density at radius 1 is 1.16 bits per heavy atom. The number of halogens is 1. The van der Waals surface area contributed by atoms with E-state index in [0.717, 1.165) is 29.2 Å². The van der Waals surface area contributed by atoms with E-state index in [1.807, 2.05) is 30.3 Å². The minimum Gasteiger partial charge on any atom is -0.351 e. The fourth-order valence-electron chi connectivity index (χ4n) is 2.07. The summed E-state index contributed by atoms with van der Waals surface area (Å²) in [6.07, 6.45) is 4.63. The molecule has 0 spiro atoms. The summed E-state index contributed by atoms with van der Waals surface area (Å²) in [5.74, 6) is -0.0170. The van der Waals surface area contributed by atoms with Crippen molar-refractivity contribution in [3.05, 3.63) is 36.0 Å². The summed E-state index contributed by atoms with van der Waals surface area (Å²) in [5, 5.41) is 5.09. The van der Waals surface area contributed by atoms with Gasteiger partial charge in [0.1, 0.15) is 5.69 Å². The zero-order chi connectivity index (χ0) is 13.5. The maximum atomic E-state index is 12.0. The second-order valence-corrected chi connectivity index (χ2v) is 5.42. The van der Waals surface area contributed by atoms with E-state index in [-0.39, 0.29) is 5.91 Å². The second kappa shape index (κ2) is 7.34. The molecule has 0 aliphatic carbocycles. The summed E-state index contributed by atoms with van der Waals surface area (Å²) >= 11 is 3.42. The summed E-state index contributed by atoms with van der Waals surface area (Å²) in [6.45, 7) is 0.747. The molecule has 0 radical (unpaired) electrons. The third-order valence-corrected chi connectivity index (χ3v) is 3.68. The predicted octanol–water partition coefficient (Wildman–Crippen LogP) is 3.85. The predicted molar refractivity (Wildman–Crippen MR) is 82.9 cm³/mol. The molecule has 0 aliphatic rings. The van der Waals surface area contributed by atoms with Gasteiger partial charge in [0, 0.05) is 22.8 Å². The highest BCUT2D eigenvalue weighted by atomic mass is 79.9. The summed E-state index contributed by atoms with van der Waals surface area (Å²) in [7, 11) is 0. The maximum absolute atomic E-state index is 12.0. The molecule has 0 aliphatic heterocycles. The quantitative estimate of drug-likeness (QED) is 0.590. The van der Waals surface area contributed by atoms with Crippen LogP contribution in [0.3, 0.4) is 0 Å². The van der Waals surface area contributed by atoms with Crippen molar-refractivity contribution >= 4 is 32.7 Å². The Morgan fingerprint density at radius 3 is 2.74 bits per heavy atom. The highest BCUT2D eigenvalue weighted by Crippen LogP contribution is 2.14. The van der Waals surface area contributed by atoms with Crippen LogP contribution in [0.1, 0.15) is 36.2 Å². The van der Waals surface area contributed by atoms with Gasteiger partial charge < -0.3 is 10.3 Å². The lowest BCUT2D eigenvalue weighted by Gasteiger charge is -2.03. The van der Waals surface area contributed by atoms with E-state index in [1.54, 1.807) is 0 Å². The lowest BCUT2D eigenvalue weighted by molar-refractivity contribution is 0.0949. The summed E-state index contributed by atoms with van der Waals surface area (Å²) in [6, 6.07) is 9.82. The summed E-state index contributed by atoms with van der Waals surface area (Å²) < 4.78 is 0. The Morgan fingerprint density at radius 2 is 1.95 bits per heavy atom. The topological polar surface area (TPSA) is 44.9 Å². The van der Waals surface area contributed by atoms with Crippen LogP contribution in [0.15, 0.2) is 30.3 Å². The van der Waals surface area contributed by atoms with Crippen molar-refractivity contribution in [2.75, 3.05) is 11.9 Å². The van der Waals surface area contributed by atoms with Gasteiger partial charge in [0.05, 0.1) is 0 Å². The smallest absolute Gasteiger partial charge is 0.267 e. The van der Waals surface area contributed by atoms with Crippen LogP contribution in [-0.2, 0) is 0 Å². The van der Waals surface area contributed by atoms with E-state index < -0.39 is 0 Å². The number of unbranched alkanes of at least 4 members (excludes halogenated alkanes) is 3. The number of rotatable bonds is 7. The number of hydrogen-bond donors (Lipinski definition) is 2. The highest BCUT2D eigenvalue weighted by molar-refractivity contribution is 9.09.